The van der Waals surface area contributed by atoms with E-state index in [0.717, 1.165) is 11.1 Å². The normalized spacial score (nSPS) is 10.3. The van der Waals surface area contributed by atoms with E-state index in [1.165, 1.54) is 0 Å². The number of pyridine rings is 1. The van der Waals surface area contributed by atoms with Crippen LogP contribution in [0, 0.1) is 0 Å². The van der Waals surface area contributed by atoms with Crippen molar-refractivity contribution in [2.75, 3.05) is 0 Å². The molecule has 0 aliphatic heterocycles. The van der Waals surface area contributed by atoms with Gasteiger partial charge in [0, 0.05) is 11.1 Å². The smallest absolute Gasteiger partial charge is 0.168 e. The summed E-state index contributed by atoms with van der Waals surface area (Å²) in [5, 5.41) is 10.5. The number of nitrogens with zero attached hydrogens (tertiary/aromatic N) is 1. The van der Waals surface area contributed by atoms with Crippen LogP contribution < -0.4 is 0 Å². The SMILES string of the molecule is O=Cc1cccc(-c2cccc(-c3ccccc3)c2O)n1. The Hall–Kier alpha value is -2.94. The number of aromatic hydroxyl groups is 1. The number of phenolic OH excluding ortho intramolecular Hbond substituents is 1. The number of benzene rings is 2. The third-order valence-electron chi connectivity index (χ3n) is 3.29. The van der Waals surface area contributed by atoms with Crippen molar-refractivity contribution in [1.29, 1.82) is 0 Å². The molecule has 0 bridgehead atoms. The van der Waals surface area contributed by atoms with Crippen LogP contribution in [0.4, 0.5) is 0 Å². The first-order chi connectivity index (χ1) is 10.3. The van der Waals surface area contributed by atoms with Crippen LogP contribution in [-0.2, 0) is 0 Å². The number of aldehydes is 1. The van der Waals surface area contributed by atoms with E-state index in [0.29, 0.717) is 23.2 Å². The number of rotatable bonds is 3. The lowest BCUT2D eigenvalue weighted by atomic mass is 9.99. The number of carbonyl (C=O) groups excluding carboxylic acids is 1. The number of aromatic nitrogens is 1. The minimum Gasteiger partial charge on any atom is -0.507 e. The minimum atomic E-state index is 0.166. The third-order valence-corrected chi connectivity index (χ3v) is 3.29. The number of phenols is 1. The predicted octanol–water partition coefficient (Wildman–Crippen LogP) is 3.93. The number of carbonyl (C=O) groups is 1. The summed E-state index contributed by atoms with van der Waals surface area (Å²) < 4.78 is 0. The summed E-state index contributed by atoms with van der Waals surface area (Å²) in [6.07, 6.45) is 0.696. The van der Waals surface area contributed by atoms with Crippen molar-refractivity contribution in [3.8, 4) is 28.1 Å². The average Bonchev–Trinajstić information content (AvgIpc) is 2.56. The minimum absolute atomic E-state index is 0.166. The molecule has 3 aromatic rings. The monoisotopic (exact) mass is 275 g/mol. The third kappa shape index (κ3) is 2.54. The van der Waals surface area contributed by atoms with Crippen molar-refractivity contribution < 1.29 is 9.90 Å². The molecule has 0 amide bonds. The second-order valence-electron chi connectivity index (χ2n) is 4.63. The van der Waals surface area contributed by atoms with Crippen LogP contribution in [-0.4, -0.2) is 16.4 Å². The molecule has 2 aromatic carbocycles. The Bertz CT molecular complexity index is 782. The largest absolute Gasteiger partial charge is 0.507 e. The molecule has 0 saturated carbocycles. The summed E-state index contributed by atoms with van der Waals surface area (Å²) in [4.78, 5) is 15.1. The molecule has 3 rings (SSSR count). The average molecular weight is 275 g/mol. The molecule has 3 heteroatoms. The molecule has 1 N–H and O–H groups in total. The van der Waals surface area contributed by atoms with E-state index in [1.54, 1.807) is 24.3 Å². The fourth-order valence-corrected chi connectivity index (χ4v) is 2.27. The summed E-state index contributed by atoms with van der Waals surface area (Å²) in [7, 11) is 0. The summed E-state index contributed by atoms with van der Waals surface area (Å²) >= 11 is 0. The van der Waals surface area contributed by atoms with Crippen molar-refractivity contribution in [2.24, 2.45) is 0 Å². The van der Waals surface area contributed by atoms with Gasteiger partial charge in [-0.15, -0.1) is 0 Å². The highest BCUT2D eigenvalue weighted by Crippen LogP contribution is 2.36. The van der Waals surface area contributed by atoms with Gasteiger partial charge in [-0.3, -0.25) is 4.79 Å². The zero-order valence-electron chi connectivity index (χ0n) is 11.2. The van der Waals surface area contributed by atoms with E-state index < -0.39 is 0 Å². The lowest BCUT2D eigenvalue weighted by Crippen LogP contribution is -1.91. The van der Waals surface area contributed by atoms with E-state index in [1.807, 2.05) is 42.5 Å². The first kappa shape index (κ1) is 13.1. The van der Waals surface area contributed by atoms with E-state index in [2.05, 4.69) is 4.98 Å². The highest BCUT2D eigenvalue weighted by atomic mass is 16.3. The van der Waals surface area contributed by atoms with Gasteiger partial charge in [-0.1, -0.05) is 48.5 Å². The molecule has 3 nitrogen and oxygen atoms in total. The van der Waals surface area contributed by atoms with Crippen LogP contribution in [0.3, 0.4) is 0 Å². The molecule has 1 aromatic heterocycles. The number of para-hydroxylation sites is 1. The predicted molar refractivity (Wildman–Crippen MR) is 82.2 cm³/mol. The molecule has 21 heavy (non-hydrogen) atoms. The maximum Gasteiger partial charge on any atom is 0.168 e. The topological polar surface area (TPSA) is 50.2 Å². The Balaban J connectivity index is 2.14. The zero-order chi connectivity index (χ0) is 14.7. The first-order valence-corrected chi connectivity index (χ1v) is 6.59. The number of hydrogen-bond acceptors (Lipinski definition) is 3. The first-order valence-electron chi connectivity index (χ1n) is 6.59. The van der Waals surface area contributed by atoms with Gasteiger partial charge in [0.15, 0.2) is 6.29 Å². The second kappa shape index (κ2) is 5.59. The maximum absolute atomic E-state index is 10.8. The lowest BCUT2D eigenvalue weighted by Gasteiger charge is -2.10. The Labute approximate surface area is 122 Å². The fourth-order valence-electron chi connectivity index (χ4n) is 2.27. The summed E-state index contributed by atoms with van der Waals surface area (Å²) in [5.74, 6) is 0.166. The fraction of sp³-hybridized carbons (Fsp3) is 0. The van der Waals surface area contributed by atoms with Gasteiger partial charge in [-0.25, -0.2) is 4.98 Å². The molecule has 0 aliphatic carbocycles. The van der Waals surface area contributed by atoms with Crippen molar-refractivity contribution in [2.45, 2.75) is 0 Å². The van der Waals surface area contributed by atoms with Gasteiger partial charge in [0.25, 0.3) is 0 Å². The molecule has 0 fully saturated rings. The quantitative estimate of drug-likeness (QED) is 0.737. The van der Waals surface area contributed by atoms with Gasteiger partial charge in [0.2, 0.25) is 0 Å². The lowest BCUT2D eigenvalue weighted by molar-refractivity contribution is 0.111. The van der Waals surface area contributed by atoms with Crippen LogP contribution in [0.5, 0.6) is 5.75 Å². The molecule has 0 atom stereocenters. The molecule has 0 spiro atoms. The standard InChI is InChI=1S/C18H13NO2/c20-12-14-8-4-11-17(19-14)16-10-5-9-15(18(16)21)13-6-2-1-3-7-13/h1-12,21H. The second-order valence-corrected chi connectivity index (χ2v) is 4.63. The van der Waals surface area contributed by atoms with E-state index in [-0.39, 0.29) is 5.75 Å². The number of hydrogen-bond donors (Lipinski definition) is 1. The Morgan fingerprint density at radius 3 is 2.29 bits per heavy atom. The van der Waals surface area contributed by atoms with Crippen LogP contribution in [0.25, 0.3) is 22.4 Å². The molecule has 1 heterocycles. The van der Waals surface area contributed by atoms with Crippen LogP contribution >= 0.6 is 0 Å². The molecule has 0 saturated heterocycles. The van der Waals surface area contributed by atoms with E-state index in [9.17, 15) is 9.90 Å². The summed E-state index contributed by atoms with van der Waals surface area (Å²) in [5.41, 5.74) is 3.21. The Morgan fingerprint density at radius 2 is 1.52 bits per heavy atom. The van der Waals surface area contributed by atoms with Crippen molar-refractivity contribution in [3.63, 3.8) is 0 Å². The highest BCUT2D eigenvalue weighted by molar-refractivity contribution is 5.81. The van der Waals surface area contributed by atoms with Gasteiger partial charge in [0.1, 0.15) is 11.4 Å². The molecule has 0 unspecified atom stereocenters. The van der Waals surface area contributed by atoms with Crippen molar-refractivity contribution in [1.82, 2.24) is 4.98 Å². The van der Waals surface area contributed by atoms with Gasteiger partial charge in [0.05, 0.1) is 5.69 Å². The van der Waals surface area contributed by atoms with Crippen LogP contribution in [0.15, 0.2) is 66.7 Å². The molecule has 0 aliphatic rings. The van der Waals surface area contributed by atoms with Gasteiger partial charge in [-0.05, 0) is 23.8 Å². The van der Waals surface area contributed by atoms with Gasteiger partial charge >= 0.3 is 0 Å². The van der Waals surface area contributed by atoms with E-state index in [4.69, 9.17) is 0 Å². The van der Waals surface area contributed by atoms with Gasteiger partial charge < -0.3 is 5.11 Å². The maximum atomic E-state index is 10.8. The highest BCUT2D eigenvalue weighted by Gasteiger charge is 2.11. The van der Waals surface area contributed by atoms with Gasteiger partial charge in [-0.2, -0.15) is 0 Å². The molecular formula is C18H13NO2. The zero-order valence-corrected chi connectivity index (χ0v) is 11.2. The Kier molecular flexibility index (Phi) is 3.48. The van der Waals surface area contributed by atoms with Crippen LogP contribution in [0.2, 0.25) is 0 Å². The van der Waals surface area contributed by atoms with Crippen molar-refractivity contribution >= 4 is 6.29 Å². The molecule has 102 valence electrons. The summed E-state index contributed by atoms with van der Waals surface area (Å²) in [6.45, 7) is 0. The van der Waals surface area contributed by atoms with Crippen molar-refractivity contribution in [3.05, 3.63) is 72.4 Å². The van der Waals surface area contributed by atoms with Crippen LogP contribution in [0.1, 0.15) is 10.5 Å². The Morgan fingerprint density at radius 1 is 0.810 bits per heavy atom. The summed E-state index contributed by atoms with van der Waals surface area (Å²) in [6, 6.07) is 20.3. The molecule has 0 radical (unpaired) electrons. The van der Waals surface area contributed by atoms with E-state index >= 15 is 0 Å². The molecular weight excluding hydrogens is 262 g/mol.